The lowest BCUT2D eigenvalue weighted by Crippen LogP contribution is -2.25. The molecule has 0 radical (unpaired) electrons. The zero-order valence-corrected chi connectivity index (χ0v) is 19.1. The lowest BCUT2D eigenvalue weighted by atomic mass is 10.1. The van der Waals surface area contributed by atoms with Crippen LogP contribution in [0.3, 0.4) is 0 Å². The standard InChI is InChI=1S/C25H48NO2/c1-4-6-8-10-12-14-16-18-20-22-24(27)26(3)25(28)23-21-19-17-15-13-11-9-7-5-2/h3-23H2,1-2H3/q+1. The van der Waals surface area contributed by atoms with E-state index in [-0.39, 0.29) is 11.8 Å². The fourth-order valence-electron chi connectivity index (χ4n) is 3.58. The molecule has 0 aliphatic heterocycles. The van der Waals surface area contributed by atoms with Crippen molar-refractivity contribution in [2.75, 3.05) is 0 Å². The molecule has 0 saturated carbocycles. The van der Waals surface area contributed by atoms with Crippen LogP contribution in [0, 0.1) is 0 Å². The minimum absolute atomic E-state index is 0.108. The summed E-state index contributed by atoms with van der Waals surface area (Å²) in [7, 11) is 0. The Labute approximate surface area is 175 Å². The van der Waals surface area contributed by atoms with Gasteiger partial charge in [0.2, 0.25) is 0 Å². The molecule has 28 heavy (non-hydrogen) atoms. The third kappa shape index (κ3) is 17.1. The smallest absolute Gasteiger partial charge is 0.219 e. The highest BCUT2D eigenvalue weighted by atomic mass is 16.2. The van der Waals surface area contributed by atoms with E-state index >= 15 is 0 Å². The van der Waals surface area contributed by atoms with E-state index in [1.807, 2.05) is 0 Å². The molecule has 0 atom stereocenters. The van der Waals surface area contributed by atoms with Crippen molar-refractivity contribution >= 4 is 18.5 Å². The summed E-state index contributed by atoms with van der Waals surface area (Å²) in [6.45, 7) is 8.17. The summed E-state index contributed by atoms with van der Waals surface area (Å²) in [4.78, 5) is 24.2. The number of imide groups is 1. The van der Waals surface area contributed by atoms with Gasteiger partial charge in [0.1, 0.15) is 6.72 Å². The summed E-state index contributed by atoms with van der Waals surface area (Å²) in [5.41, 5.74) is 0. The highest BCUT2D eigenvalue weighted by Gasteiger charge is 2.22. The van der Waals surface area contributed by atoms with E-state index < -0.39 is 0 Å². The molecular formula is C25H48NO2+. The average Bonchev–Trinajstić information content (AvgIpc) is 2.70. The molecule has 3 heteroatoms. The van der Waals surface area contributed by atoms with E-state index in [1.165, 1.54) is 89.9 Å². The molecule has 0 aliphatic rings. The Balaban J connectivity index is 3.54. The zero-order valence-electron chi connectivity index (χ0n) is 19.1. The Morgan fingerprint density at radius 2 is 0.750 bits per heavy atom. The average molecular weight is 395 g/mol. The molecule has 0 unspecified atom stereocenters. The van der Waals surface area contributed by atoms with Gasteiger partial charge in [-0.3, -0.25) is 0 Å². The van der Waals surface area contributed by atoms with Crippen LogP contribution >= 0.6 is 0 Å². The molecule has 2 amide bonds. The predicted molar refractivity (Wildman–Crippen MR) is 121 cm³/mol. The van der Waals surface area contributed by atoms with Crippen LogP contribution in [0.15, 0.2) is 0 Å². The number of nitrogens with zero attached hydrogens (tertiary/aromatic N) is 1. The zero-order chi connectivity index (χ0) is 20.9. The van der Waals surface area contributed by atoms with Gasteiger partial charge in [-0.25, -0.2) is 9.59 Å². The Morgan fingerprint density at radius 3 is 1.04 bits per heavy atom. The lowest BCUT2D eigenvalue weighted by molar-refractivity contribution is -0.377. The van der Waals surface area contributed by atoms with Gasteiger partial charge in [-0.05, 0) is 12.8 Å². The summed E-state index contributed by atoms with van der Waals surface area (Å²) >= 11 is 0. The van der Waals surface area contributed by atoms with Crippen molar-refractivity contribution in [3.8, 4) is 0 Å². The molecule has 0 spiro atoms. The third-order valence-electron chi connectivity index (χ3n) is 5.59. The van der Waals surface area contributed by atoms with E-state index in [4.69, 9.17) is 0 Å². The van der Waals surface area contributed by atoms with Crippen LogP contribution in [-0.2, 0) is 9.59 Å². The molecular weight excluding hydrogens is 346 g/mol. The summed E-state index contributed by atoms with van der Waals surface area (Å²) in [6.07, 6.45) is 23.1. The molecule has 0 N–H and O–H groups in total. The third-order valence-corrected chi connectivity index (χ3v) is 5.59. The number of unbranched alkanes of at least 4 members (excludes halogenated alkanes) is 16. The van der Waals surface area contributed by atoms with Gasteiger partial charge in [-0.1, -0.05) is 117 Å². The topological polar surface area (TPSA) is 37.1 Å². The molecule has 0 aromatic heterocycles. The van der Waals surface area contributed by atoms with E-state index in [2.05, 4.69) is 20.6 Å². The fraction of sp³-hybridized carbons (Fsp3) is 0.880. The van der Waals surface area contributed by atoms with E-state index in [0.717, 1.165) is 30.3 Å². The Kier molecular flexibility index (Phi) is 20.0. The van der Waals surface area contributed by atoms with Crippen molar-refractivity contribution in [3.05, 3.63) is 0 Å². The first-order valence-corrected chi connectivity index (χ1v) is 12.3. The maximum Gasteiger partial charge on any atom is 0.394 e. The second-order valence-corrected chi connectivity index (χ2v) is 8.37. The van der Waals surface area contributed by atoms with E-state index in [0.29, 0.717) is 12.8 Å². The Bertz CT molecular complexity index is 367. The number of hydrogen-bond donors (Lipinski definition) is 0. The maximum atomic E-state index is 12.1. The van der Waals surface area contributed by atoms with E-state index in [9.17, 15) is 9.59 Å². The summed E-state index contributed by atoms with van der Waals surface area (Å²) in [6, 6.07) is 0. The quantitative estimate of drug-likeness (QED) is 0.121. The molecule has 0 fully saturated rings. The molecule has 164 valence electrons. The second-order valence-electron chi connectivity index (χ2n) is 8.37. The van der Waals surface area contributed by atoms with Crippen molar-refractivity contribution in [1.29, 1.82) is 0 Å². The van der Waals surface area contributed by atoms with Gasteiger partial charge in [0, 0.05) is 0 Å². The monoisotopic (exact) mass is 394 g/mol. The van der Waals surface area contributed by atoms with Crippen LogP contribution in [0.25, 0.3) is 0 Å². The van der Waals surface area contributed by atoms with Crippen LogP contribution in [0.1, 0.15) is 142 Å². The SMILES string of the molecule is C=[N+](C(=O)CCCCCCCCCCC)C(=O)CCCCCCCCCCC. The van der Waals surface area contributed by atoms with Crippen molar-refractivity contribution < 1.29 is 14.2 Å². The molecule has 0 bridgehead atoms. The lowest BCUT2D eigenvalue weighted by Gasteiger charge is -2.02. The van der Waals surface area contributed by atoms with Crippen molar-refractivity contribution in [2.45, 2.75) is 142 Å². The number of rotatable bonds is 20. The van der Waals surface area contributed by atoms with Crippen molar-refractivity contribution in [2.24, 2.45) is 0 Å². The van der Waals surface area contributed by atoms with Crippen LogP contribution in [0.4, 0.5) is 0 Å². The highest BCUT2D eigenvalue weighted by Crippen LogP contribution is 2.12. The minimum Gasteiger partial charge on any atom is -0.219 e. The summed E-state index contributed by atoms with van der Waals surface area (Å²) < 4.78 is 1.12. The van der Waals surface area contributed by atoms with Crippen LogP contribution in [-0.4, -0.2) is 23.1 Å². The van der Waals surface area contributed by atoms with Gasteiger partial charge in [-0.15, -0.1) is 4.58 Å². The van der Waals surface area contributed by atoms with Gasteiger partial charge >= 0.3 is 11.8 Å². The first-order valence-electron chi connectivity index (χ1n) is 12.3. The second kappa shape index (κ2) is 20.7. The first-order chi connectivity index (χ1) is 13.6. The molecule has 0 aliphatic carbocycles. The number of amides is 2. The van der Waals surface area contributed by atoms with Gasteiger partial charge in [0.15, 0.2) is 0 Å². The summed E-state index contributed by atoms with van der Waals surface area (Å²) in [5, 5.41) is 0. The van der Waals surface area contributed by atoms with Crippen molar-refractivity contribution in [1.82, 2.24) is 0 Å². The van der Waals surface area contributed by atoms with Gasteiger partial charge in [0.25, 0.3) is 0 Å². The first kappa shape index (κ1) is 27.0. The van der Waals surface area contributed by atoms with Gasteiger partial charge < -0.3 is 0 Å². The fourth-order valence-corrected chi connectivity index (χ4v) is 3.58. The van der Waals surface area contributed by atoms with E-state index in [1.54, 1.807) is 0 Å². The molecule has 0 heterocycles. The Hall–Kier alpha value is -0.990. The van der Waals surface area contributed by atoms with Crippen LogP contribution < -0.4 is 0 Å². The van der Waals surface area contributed by atoms with Crippen LogP contribution in [0.5, 0.6) is 0 Å². The molecule has 0 aromatic rings. The predicted octanol–water partition coefficient (Wildman–Crippen LogP) is 7.59. The molecule has 0 aromatic carbocycles. The van der Waals surface area contributed by atoms with Gasteiger partial charge in [0.05, 0.1) is 12.8 Å². The number of carbonyl (C=O) groups excluding carboxylic acids is 2. The summed E-state index contributed by atoms with van der Waals surface area (Å²) in [5.74, 6) is -0.215. The van der Waals surface area contributed by atoms with Crippen molar-refractivity contribution in [3.63, 3.8) is 0 Å². The van der Waals surface area contributed by atoms with Crippen LogP contribution in [0.2, 0.25) is 0 Å². The molecule has 0 rings (SSSR count). The maximum absolute atomic E-state index is 12.1. The van der Waals surface area contributed by atoms with Gasteiger partial charge in [-0.2, -0.15) is 0 Å². The molecule has 0 saturated heterocycles. The highest BCUT2D eigenvalue weighted by molar-refractivity contribution is 5.83. The number of carbonyl (C=O) groups is 2. The number of hydrogen-bond acceptors (Lipinski definition) is 2. The normalized spacial score (nSPS) is 10.9. The molecule has 3 nitrogen and oxygen atoms in total. The largest absolute Gasteiger partial charge is 0.394 e. The minimum atomic E-state index is -0.108. The Morgan fingerprint density at radius 1 is 0.500 bits per heavy atom.